The van der Waals surface area contributed by atoms with Crippen LogP contribution in [0.1, 0.15) is 37.3 Å². The number of nitrogens with zero attached hydrogens (tertiary/aromatic N) is 1. The van der Waals surface area contributed by atoms with Gasteiger partial charge in [0, 0.05) is 41.0 Å². The highest BCUT2D eigenvalue weighted by molar-refractivity contribution is 9.10. The summed E-state index contributed by atoms with van der Waals surface area (Å²) >= 11 is 3.37. The Labute approximate surface area is 203 Å². The summed E-state index contributed by atoms with van der Waals surface area (Å²) in [4.78, 5) is 16.5. The number of sulfonamides is 1. The van der Waals surface area contributed by atoms with E-state index in [2.05, 4.69) is 25.6 Å². The van der Waals surface area contributed by atoms with Crippen molar-refractivity contribution >= 4 is 37.9 Å². The number of benzene rings is 1. The maximum Gasteiger partial charge on any atom is 0.257 e. The molecule has 2 rings (SSSR count). The number of carbonyl (C=O) groups excluding carboxylic acids is 1. The summed E-state index contributed by atoms with van der Waals surface area (Å²) in [6, 6.07) is 6.99. The summed E-state index contributed by atoms with van der Waals surface area (Å²) in [5.74, 6) is 0.534. The number of unbranched alkanes of at least 4 members (excludes halogenated alkanes) is 2. The van der Waals surface area contributed by atoms with Gasteiger partial charge in [0.25, 0.3) is 5.91 Å². The third-order valence-corrected chi connectivity index (χ3v) is 6.20. The Hall–Kier alpha value is -2.43. The van der Waals surface area contributed by atoms with Crippen LogP contribution in [-0.4, -0.2) is 45.4 Å². The molecule has 0 fully saturated rings. The summed E-state index contributed by atoms with van der Waals surface area (Å²) in [5, 5.41) is 0. The number of ether oxygens (including phenoxy) is 3. The SMILES string of the molecule is CCCCCS(=O)(=O)NC(=O)/C=C/c1ccc(OCCOC)cc1Oc1ncc(Br)cc1C. The van der Waals surface area contributed by atoms with E-state index in [1.54, 1.807) is 31.5 Å². The van der Waals surface area contributed by atoms with Gasteiger partial charge in [-0.3, -0.25) is 4.79 Å². The zero-order chi connectivity index (χ0) is 24.3. The first-order chi connectivity index (χ1) is 15.7. The molecule has 0 unspecified atom stereocenters. The van der Waals surface area contributed by atoms with Crippen molar-refractivity contribution in [2.45, 2.75) is 33.1 Å². The van der Waals surface area contributed by atoms with Gasteiger partial charge in [0.1, 0.15) is 18.1 Å². The fraction of sp³-hybridized carbons (Fsp3) is 0.391. The van der Waals surface area contributed by atoms with Crippen LogP contribution in [0, 0.1) is 6.92 Å². The number of rotatable bonds is 13. The molecule has 1 aromatic heterocycles. The number of nitrogens with one attached hydrogen (secondary N) is 1. The topological polar surface area (TPSA) is 104 Å². The molecule has 0 aliphatic carbocycles. The smallest absolute Gasteiger partial charge is 0.257 e. The van der Waals surface area contributed by atoms with Gasteiger partial charge in [-0.25, -0.2) is 18.1 Å². The summed E-state index contributed by atoms with van der Waals surface area (Å²) in [7, 11) is -2.09. The Bertz CT molecular complexity index is 1070. The van der Waals surface area contributed by atoms with E-state index in [0.717, 1.165) is 29.0 Å². The van der Waals surface area contributed by atoms with Crippen molar-refractivity contribution in [3.8, 4) is 17.4 Å². The first-order valence-corrected chi connectivity index (χ1v) is 13.0. The quantitative estimate of drug-likeness (QED) is 0.292. The normalized spacial score (nSPS) is 11.5. The van der Waals surface area contributed by atoms with E-state index in [-0.39, 0.29) is 5.75 Å². The van der Waals surface area contributed by atoms with Crippen LogP contribution in [0.25, 0.3) is 6.08 Å². The lowest BCUT2D eigenvalue weighted by Gasteiger charge is -2.13. The molecule has 1 amide bonds. The van der Waals surface area contributed by atoms with Crippen LogP contribution in [0.3, 0.4) is 0 Å². The third-order valence-electron chi connectivity index (χ3n) is 4.43. The Kier molecular flexibility index (Phi) is 10.8. The van der Waals surface area contributed by atoms with Crippen LogP contribution < -0.4 is 14.2 Å². The summed E-state index contributed by atoms with van der Waals surface area (Å²) < 4.78 is 43.6. The maximum absolute atomic E-state index is 12.2. The van der Waals surface area contributed by atoms with Crippen LogP contribution in [0.4, 0.5) is 0 Å². The summed E-state index contributed by atoms with van der Waals surface area (Å²) in [6.45, 7) is 4.63. The molecule has 33 heavy (non-hydrogen) atoms. The van der Waals surface area contributed by atoms with E-state index in [9.17, 15) is 13.2 Å². The van der Waals surface area contributed by atoms with E-state index in [1.165, 1.54) is 6.08 Å². The van der Waals surface area contributed by atoms with Crippen LogP contribution in [0.15, 0.2) is 41.0 Å². The van der Waals surface area contributed by atoms with Crippen molar-refractivity contribution in [1.82, 2.24) is 9.71 Å². The summed E-state index contributed by atoms with van der Waals surface area (Å²) in [5.41, 5.74) is 1.36. The molecule has 0 saturated carbocycles. The number of aryl methyl sites for hydroxylation is 1. The molecule has 180 valence electrons. The highest BCUT2D eigenvalue weighted by atomic mass is 79.9. The van der Waals surface area contributed by atoms with Gasteiger partial charge >= 0.3 is 0 Å². The number of amides is 1. The molecule has 1 heterocycles. The van der Waals surface area contributed by atoms with Gasteiger partial charge in [-0.05, 0) is 53.5 Å². The van der Waals surface area contributed by atoms with Gasteiger partial charge in [0.2, 0.25) is 15.9 Å². The van der Waals surface area contributed by atoms with Crippen molar-refractivity contribution in [2.75, 3.05) is 26.1 Å². The maximum atomic E-state index is 12.2. The van der Waals surface area contributed by atoms with Crippen LogP contribution in [0.2, 0.25) is 0 Å². The first-order valence-electron chi connectivity index (χ1n) is 10.5. The van der Waals surface area contributed by atoms with E-state index in [0.29, 0.717) is 42.6 Å². The Morgan fingerprint density at radius 2 is 2.00 bits per heavy atom. The van der Waals surface area contributed by atoms with Crippen molar-refractivity contribution in [3.63, 3.8) is 0 Å². The minimum absolute atomic E-state index is 0.0865. The number of aromatic nitrogens is 1. The van der Waals surface area contributed by atoms with E-state index in [4.69, 9.17) is 14.2 Å². The monoisotopic (exact) mass is 540 g/mol. The van der Waals surface area contributed by atoms with Gasteiger partial charge < -0.3 is 14.2 Å². The van der Waals surface area contributed by atoms with Gasteiger partial charge in [-0.15, -0.1) is 0 Å². The number of methoxy groups -OCH3 is 1. The van der Waals surface area contributed by atoms with E-state index >= 15 is 0 Å². The van der Waals surface area contributed by atoms with E-state index < -0.39 is 15.9 Å². The highest BCUT2D eigenvalue weighted by Gasteiger charge is 2.13. The van der Waals surface area contributed by atoms with Gasteiger partial charge in [0.05, 0.1) is 12.4 Å². The van der Waals surface area contributed by atoms with E-state index in [1.807, 2.05) is 19.9 Å². The average Bonchev–Trinajstić information content (AvgIpc) is 2.75. The predicted molar refractivity (Wildman–Crippen MR) is 131 cm³/mol. The molecular formula is C23H29BrN2O6S. The molecule has 0 bridgehead atoms. The molecular weight excluding hydrogens is 512 g/mol. The molecule has 0 saturated heterocycles. The molecule has 0 radical (unpaired) electrons. The standard InChI is InChI=1S/C23H29BrN2O6S/c1-4-5-6-13-33(28,29)26-22(27)10-8-18-7-9-20(31-12-11-30-3)15-21(18)32-23-17(2)14-19(24)16-25-23/h7-10,14-16H,4-6,11-13H2,1-3H3,(H,26,27)/b10-8+. The lowest BCUT2D eigenvalue weighted by molar-refractivity contribution is -0.114. The molecule has 2 aromatic rings. The number of halogens is 1. The molecule has 0 atom stereocenters. The fourth-order valence-electron chi connectivity index (χ4n) is 2.76. The minimum Gasteiger partial charge on any atom is -0.491 e. The molecule has 8 nitrogen and oxygen atoms in total. The lowest BCUT2D eigenvalue weighted by atomic mass is 10.1. The Balaban J connectivity index is 2.22. The first kappa shape index (κ1) is 26.8. The van der Waals surface area contributed by atoms with Crippen molar-refractivity contribution in [1.29, 1.82) is 0 Å². The predicted octanol–water partition coefficient (Wildman–Crippen LogP) is 4.62. The average molecular weight is 541 g/mol. The largest absolute Gasteiger partial charge is 0.491 e. The molecule has 0 aliphatic rings. The molecule has 10 heteroatoms. The third kappa shape index (κ3) is 9.53. The minimum atomic E-state index is -3.67. The van der Waals surface area contributed by atoms with Gasteiger partial charge in [-0.1, -0.05) is 19.8 Å². The number of carbonyl (C=O) groups is 1. The van der Waals surface area contributed by atoms with Crippen molar-refractivity contribution in [2.24, 2.45) is 0 Å². The Morgan fingerprint density at radius 3 is 2.70 bits per heavy atom. The lowest BCUT2D eigenvalue weighted by Crippen LogP contribution is -2.31. The molecule has 0 aliphatic heterocycles. The zero-order valence-corrected chi connectivity index (χ0v) is 21.4. The second-order valence-electron chi connectivity index (χ2n) is 7.24. The van der Waals surface area contributed by atoms with Crippen LogP contribution >= 0.6 is 15.9 Å². The van der Waals surface area contributed by atoms with Gasteiger partial charge in [-0.2, -0.15) is 0 Å². The molecule has 1 N–H and O–H groups in total. The number of pyridine rings is 1. The van der Waals surface area contributed by atoms with Crippen molar-refractivity contribution in [3.05, 3.63) is 52.1 Å². The van der Waals surface area contributed by atoms with Crippen LogP contribution in [0.5, 0.6) is 17.4 Å². The Morgan fingerprint density at radius 1 is 1.21 bits per heavy atom. The van der Waals surface area contributed by atoms with Crippen molar-refractivity contribution < 1.29 is 27.4 Å². The highest BCUT2D eigenvalue weighted by Crippen LogP contribution is 2.31. The molecule has 1 aromatic carbocycles. The number of hydrogen-bond donors (Lipinski definition) is 1. The second-order valence-corrected chi connectivity index (χ2v) is 10.0. The number of hydrogen-bond acceptors (Lipinski definition) is 7. The summed E-state index contributed by atoms with van der Waals surface area (Å²) in [6.07, 6.45) is 6.45. The zero-order valence-electron chi connectivity index (χ0n) is 19.0. The molecule has 0 spiro atoms. The van der Waals surface area contributed by atoms with Crippen LogP contribution in [-0.2, 0) is 19.6 Å². The fourth-order valence-corrected chi connectivity index (χ4v) is 4.26. The van der Waals surface area contributed by atoms with Gasteiger partial charge in [0.15, 0.2) is 0 Å². The second kappa shape index (κ2) is 13.3.